The second kappa shape index (κ2) is 9.05. The molecule has 1 amide bonds. The molecule has 0 unspecified atom stereocenters. The van der Waals surface area contributed by atoms with Crippen LogP contribution in [0.1, 0.15) is 24.0 Å². The van der Waals surface area contributed by atoms with Gasteiger partial charge in [-0.15, -0.1) is 0 Å². The van der Waals surface area contributed by atoms with Crippen LogP contribution in [0.4, 0.5) is 0 Å². The average Bonchev–Trinajstić information content (AvgIpc) is 3.49. The molecular formula is C22H22N4O4S. The van der Waals surface area contributed by atoms with E-state index < -0.39 is 0 Å². The molecule has 1 aromatic carbocycles. The minimum absolute atomic E-state index is 0.211. The fourth-order valence-electron chi connectivity index (χ4n) is 3.14. The summed E-state index contributed by atoms with van der Waals surface area (Å²) < 4.78 is 18.6. The highest BCUT2D eigenvalue weighted by Crippen LogP contribution is 2.27. The number of hydrogen-bond acceptors (Lipinski definition) is 6. The fraction of sp³-hybridized carbons (Fsp3) is 0.227. The van der Waals surface area contributed by atoms with Crippen LogP contribution in [0.3, 0.4) is 0 Å². The van der Waals surface area contributed by atoms with Crippen LogP contribution in [0.2, 0.25) is 0 Å². The van der Waals surface area contributed by atoms with E-state index in [4.69, 9.17) is 26.1 Å². The number of aromatic nitrogens is 2. The van der Waals surface area contributed by atoms with Crippen LogP contribution >= 0.6 is 12.2 Å². The Morgan fingerprint density at radius 1 is 1.23 bits per heavy atom. The van der Waals surface area contributed by atoms with Gasteiger partial charge in [-0.25, -0.2) is 0 Å². The number of carbonyl (C=O) groups is 1. The molecule has 1 fully saturated rings. The Labute approximate surface area is 185 Å². The Bertz CT molecular complexity index is 1130. The third kappa shape index (κ3) is 4.61. The molecule has 0 atom stereocenters. The lowest BCUT2D eigenvalue weighted by molar-refractivity contribution is -0.122. The Kier molecular flexibility index (Phi) is 6.03. The molecular weight excluding hydrogens is 416 g/mol. The summed E-state index contributed by atoms with van der Waals surface area (Å²) in [5.41, 5.74) is 1.27. The van der Waals surface area contributed by atoms with Gasteiger partial charge in [-0.05, 0) is 43.4 Å². The molecule has 31 heavy (non-hydrogen) atoms. The van der Waals surface area contributed by atoms with Gasteiger partial charge in [0.2, 0.25) is 0 Å². The number of amides is 1. The lowest BCUT2D eigenvalue weighted by Crippen LogP contribution is -2.29. The Morgan fingerprint density at radius 2 is 2.03 bits per heavy atom. The van der Waals surface area contributed by atoms with Crippen molar-refractivity contribution in [2.75, 3.05) is 7.11 Å². The van der Waals surface area contributed by atoms with E-state index in [1.165, 1.54) is 4.90 Å². The molecule has 160 valence electrons. The maximum Gasteiger partial charge on any atom is 0.276 e. The number of carbonyl (C=O) groups excluding carboxylic acids is 1. The Morgan fingerprint density at radius 3 is 2.77 bits per heavy atom. The monoisotopic (exact) mass is 438 g/mol. The van der Waals surface area contributed by atoms with Crippen molar-refractivity contribution >= 4 is 29.3 Å². The number of para-hydroxylation sites is 2. The summed E-state index contributed by atoms with van der Waals surface area (Å²) in [4.78, 5) is 14.3. The Balaban J connectivity index is 1.41. The first-order valence-electron chi connectivity index (χ1n) is 9.77. The standard InChI is InChI=1S/C22H22N4O4S/c1-3-25-12-15(11-23-25)13-26-21(27)18(24-22(26)31)10-16-8-9-17(30-16)14-29-20-7-5-4-6-19(20)28-2/h4-12H,3,13-14H2,1-2H3,(H,24,31)/b18-10+. The third-order valence-corrected chi connectivity index (χ3v) is 5.04. The summed E-state index contributed by atoms with van der Waals surface area (Å²) in [6.45, 7) is 3.36. The molecule has 3 heterocycles. The quantitative estimate of drug-likeness (QED) is 0.427. The van der Waals surface area contributed by atoms with Gasteiger partial charge >= 0.3 is 0 Å². The molecule has 1 N–H and O–H groups in total. The number of nitrogens with one attached hydrogen (secondary N) is 1. The maximum absolute atomic E-state index is 12.8. The van der Waals surface area contributed by atoms with Crippen molar-refractivity contribution < 1.29 is 18.7 Å². The van der Waals surface area contributed by atoms with Crippen LogP contribution in [0.5, 0.6) is 11.5 Å². The number of benzene rings is 1. The first-order valence-corrected chi connectivity index (χ1v) is 10.2. The minimum Gasteiger partial charge on any atom is -0.493 e. The van der Waals surface area contributed by atoms with E-state index in [-0.39, 0.29) is 12.5 Å². The van der Waals surface area contributed by atoms with E-state index in [1.807, 2.05) is 37.4 Å². The van der Waals surface area contributed by atoms with Crippen LogP contribution in [0.25, 0.3) is 6.08 Å². The summed E-state index contributed by atoms with van der Waals surface area (Å²) >= 11 is 5.33. The second-order valence-corrected chi connectivity index (χ2v) is 7.21. The van der Waals surface area contributed by atoms with Crippen molar-refractivity contribution in [3.63, 3.8) is 0 Å². The molecule has 0 aliphatic carbocycles. The largest absolute Gasteiger partial charge is 0.493 e. The van der Waals surface area contributed by atoms with Crippen molar-refractivity contribution in [3.05, 3.63) is 71.6 Å². The predicted molar refractivity (Wildman–Crippen MR) is 118 cm³/mol. The number of thiocarbonyl (C=S) groups is 1. The van der Waals surface area contributed by atoms with Crippen molar-refractivity contribution in [2.45, 2.75) is 26.6 Å². The number of methoxy groups -OCH3 is 1. The van der Waals surface area contributed by atoms with E-state index in [9.17, 15) is 4.79 Å². The van der Waals surface area contributed by atoms with Gasteiger partial charge in [0.05, 0.1) is 19.9 Å². The molecule has 0 bridgehead atoms. The average molecular weight is 439 g/mol. The molecule has 1 aliphatic rings. The first kappa shape index (κ1) is 20.7. The van der Waals surface area contributed by atoms with Crippen LogP contribution in [0.15, 0.2) is 58.9 Å². The van der Waals surface area contributed by atoms with Crippen molar-refractivity contribution in [1.29, 1.82) is 0 Å². The van der Waals surface area contributed by atoms with Gasteiger partial charge in [-0.3, -0.25) is 14.4 Å². The molecule has 3 aromatic rings. The van der Waals surface area contributed by atoms with Gasteiger partial charge in [0, 0.05) is 24.4 Å². The number of aryl methyl sites for hydroxylation is 1. The highest BCUT2D eigenvalue weighted by Gasteiger charge is 2.31. The molecule has 0 radical (unpaired) electrons. The van der Waals surface area contributed by atoms with Crippen LogP contribution in [0, 0.1) is 0 Å². The van der Waals surface area contributed by atoms with Crippen molar-refractivity contribution in [3.8, 4) is 11.5 Å². The molecule has 8 nitrogen and oxygen atoms in total. The van der Waals surface area contributed by atoms with Gasteiger partial charge in [0.25, 0.3) is 5.91 Å². The molecule has 4 rings (SSSR count). The third-order valence-electron chi connectivity index (χ3n) is 4.72. The van der Waals surface area contributed by atoms with E-state index >= 15 is 0 Å². The number of nitrogens with zero attached hydrogens (tertiary/aromatic N) is 3. The topological polar surface area (TPSA) is 81.8 Å². The summed E-state index contributed by atoms with van der Waals surface area (Å²) in [5, 5.41) is 7.55. The SMILES string of the molecule is CCn1cc(CN2C(=O)/C(=C\c3ccc(COc4ccccc4OC)o3)NC2=S)cn1. The maximum atomic E-state index is 12.8. The zero-order valence-electron chi connectivity index (χ0n) is 17.2. The number of hydrogen-bond donors (Lipinski definition) is 1. The van der Waals surface area contributed by atoms with Crippen molar-refractivity contribution in [1.82, 2.24) is 20.0 Å². The van der Waals surface area contributed by atoms with E-state index in [0.717, 1.165) is 12.1 Å². The van der Waals surface area contributed by atoms with Gasteiger partial charge in [-0.2, -0.15) is 5.10 Å². The van der Waals surface area contributed by atoms with Gasteiger partial charge < -0.3 is 19.2 Å². The van der Waals surface area contributed by atoms with Gasteiger partial charge in [0.1, 0.15) is 23.8 Å². The molecule has 9 heteroatoms. The van der Waals surface area contributed by atoms with Gasteiger partial charge in [-0.1, -0.05) is 12.1 Å². The first-order chi connectivity index (χ1) is 15.1. The molecule has 2 aromatic heterocycles. The summed E-state index contributed by atoms with van der Waals surface area (Å²) in [7, 11) is 1.59. The highest BCUT2D eigenvalue weighted by molar-refractivity contribution is 7.80. The van der Waals surface area contributed by atoms with Crippen LogP contribution < -0.4 is 14.8 Å². The summed E-state index contributed by atoms with van der Waals surface area (Å²) in [6.07, 6.45) is 5.27. The summed E-state index contributed by atoms with van der Waals surface area (Å²) in [5.74, 6) is 2.21. The van der Waals surface area contributed by atoms with Crippen molar-refractivity contribution in [2.24, 2.45) is 0 Å². The number of rotatable bonds is 8. The minimum atomic E-state index is -0.211. The lowest BCUT2D eigenvalue weighted by atomic mass is 10.3. The zero-order chi connectivity index (χ0) is 21.8. The molecule has 1 saturated heterocycles. The highest BCUT2D eigenvalue weighted by atomic mass is 32.1. The normalized spacial score (nSPS) is 14.9. The zero-order valence-corrected chi connectivity index (χ0v) is 18.0. The molecule has 1 aliphatic heterocycles. The lowest BCUT2D eigenvalue weighted by Gasteiger charge is -2.12. The van der Waals surface area contributed by atoms with Crippen LogP contribution in [-0.4, -0.2) is 32.8 Å². The number of ether oxygens (including phenoxy) is 2. The van der Waals surface area contributed by atoms with E-state index in [2.05, 4.69) is 10.4 Å². The van der Waals surface area contributed by atoms with Gasteiger partial charge in [0.15, 0.2) is 16.6 Å². The molecule has 0 saturated carbocycles. The fourth-order valence-corrected chi connectivity index (χ4v) is 3.40. The smallest absolute Gasteiger partial charge is 0.276 e. The Hall–Kier alpha value is -3.59. The predicted octanol–water partition coefficient (Wildman–Crippen LogP) is 3.34. The van der Waals surface area contributed by atoms with E-state index in [0.29, 0.717) is 40.4 Å². The van der Waals surface area contributed by atoms with E-state index in [1.54, 1.807) is 36.2 Å². The van der Waals surface area contributed by atoms with Crippen LogP contribution in [-0.2, 0) is 24.5 Å². The second-order valence-electron chi connectivity index (χ2n) is 6.83. The molecule has 0 spiro atoms. The summed E-state index contributed by atoms with van der Waals surface area (Å²) in [6, 6.07) is 11.0. The number of furan rings is 1.